The number of ether oxygens (including phenoxy) is 1. The first-order valence-corrected chi connectivity index (χ1v) is 7.81. The first kappa shape index (κ1) is 17.1. The summed E-state index contributed by atoms with van der Waals surface area (Å²) in [6.45, 7) is 0.785. The van der Waals surface area contributed by atoms with Gasteiger partial charge in [-0.05, 0) is 0 Å². The Labute approximate surface area is 135 Å². The van der Waals surface area contributed by atoms with E-state index in [0.717, 1.165) is 0 Å². The zero-order valence-electron chi connectivity index (χ0n) is 12.3. The molecule has 0 saturated carbocycles. The minimum absolute atomic E-state index is 0.0866. The quantitative estimate of drug-likeness (QED) is 0.476. The van der Waals surface area contributed by atoms with Gasteiger partial charge in [-0.1, -0.05) is 0 Å². The lowest BCUT2D eigenvalue weighted by atomic mass is 9.88. The number of nitrogens with one attached hydrogen (secondary N) is 1. The monoisotopic (exact) mass is 341 g/mol. The molecule has 0 aromatic carbocycles. The third kappa shape index (κ3) is 3.24. The SMILES string of the molecule is CC(=O)OCC1(C(=O)O)CS[C@@H]2C(NC(=O)CC#N)C(=O)N2C1. The fourth-order valence-corrected chi connectivity index (χ4v) is 3.97. The molecule has 0 bridgehead atoms. The van der Waals surface area contributed by atoms with E-state index in [9.17, 15) is 24.3 Å². The molecular formula is C13H15N3O6S. The lowest BCUT2D eigenvalue weighted by molar-refractivity contribution is -0.164. The number of amides is 2. The molecule has 2 amide bonds. The van der Waals surface area contributed by atoms with Crippen LogP contribution in [0.5, 0.6) is 0 Å². The summed E-state index contributed by atoms with van der Waals surface area (Å²) in [6, 6.07) is 0.945. The number of β-lactam (4-membered cyclic amide) rings is 1. The van der Waals surface area contributed by atoms with Crippen molar-refractivity contribution in [2.45, 2.75) is 24.8 Å². The van der Waals surface area contributed by atoms with Crippen LogP contribution in [0.3, 0.4) is 0 Å². The topological polar surface area (TPSA) is 137 Å². The highest BCUT2D eigenvalue weighted by molar-refractivity contribution is 8.00. The Morgan fingerprint density at radius 3 is 2.83 bits per heavy atom. The molecule has 3 atom stereocenters. The number of carboxylic acid groups (broad SMARTS) is 1. The predicted octanol–water partition coefficient (Wildman–Crippen LogP) is -1.07. The number of fused-ring (bicyclic) bond motifs is 1. The molecule has 0 radical (unpaired) electrons. The van der Waals surface area contributed by atoms with E-state index in [1.165, 1.54) is 23.6 Å². The first-order valence-electron chi connectivity index (χ1n) is 6.76. The number of hydrogen-bond acceptors (Lipinski definition) is 7. The van der Waals surface area contributed by atoms with Gasteiger partial charge in [0.15, 0.2) is 0 Å². The molecule has 0 aromatic heterocycles. The summed E-state index contributed by atoms with van der Waals surface area (Å²) >= 11 is 1.21. The van der Waals surface area contributed by atoms with Crippen molar-refractivity contribution < 1.29 is 29.0 Å². The van der Waals surface area contributed by atoms with E-state index in [0.29, 0.717) is 0 Å². The van der Waals surface area contributed by atoms with Crippen LogP contribution in [0.2, 0.25) is 0 Å². The number of esters is 1. The molecule has 2 fully saturated rings. The number of nitriles is 1. The number of thioether (sulfide) groups is 1. The molecule has 2 aliphatic rings. The highest BCUT2D eigenvalue weighted by Crippen LogP contribution is 2.42. The number of nitrogens with zero attached hydrogens (tertiary/aromatic N) is 2. The van der Waals surface area contributed by atoms with Crippen LogP contribution < -0.4 is 5.32 Å². The van der Waals surface area contributed by atoms with Crippen molar-refractivity contribution >= 4 is 35.5 Å². The molecule has 0 aromatic rings. The zero-order chi connectivity index (χ0) is 17.2. The van der Waals surface area contributed by atoms with Crippen molar-refractivity contribution in [3.8, 4) is 6.07 Å². The van der Waals surface area contributed by atoms with Gasteiger partial charge in [0.25, 0.3) is 0 Å². The van der Waals surface area contributed by atoms with Crippen LogP contribution in [0.1, 0.15) is 13.3 Å². The second-order valence-corrected chi connectivity index (χ2v) is 6.52. The van der Waals surface area contributed by atoms with Crippen LogP contribution in [0.4, 0.5) is 0 Å². The van der Waals surface area contributed by atoms with Gasteiger partial charge >= 0.3 is 11.9 Å². The van der Waals surface area contributed by atoms with Crippen LogP contribution in [0.25, 0.3) is 0 Å². The maximum atomic E-state index is 12.1. The summed E-state index contributed by atoms with van der Waals surface area (Å²) in [6.07, 6.45) is -0.341. The summed E-state index contributed by atoms with van der Waals surface area (Å²) < 4.78 is 4.84. The van der Waals surface area contributed by atoms with Gasteiger partial charge in [0.2, 0.25) is 11.8 Å². The highest BCUT2D eigenvalue weighted by Gasteiger charge is 2.57. The number of carboxylic acids is 1. The fourth-order valence-electron chi connectivity index (χ4n) is 2.44. The normalized spacial score (nSPS) is 28.9. The molecule has 9 nitrogen and oxygen atoms in total. The Hall–Kier alpha value is -2.28. The van der Waals surface area contributed by atoms with Gasteiger partial charge in [0.1, 0.15) is 29.9 Å². The Morgan fingerprint density at radius 1 is 1.57 bits per heavy atom. The molecule has 124 valence electrons. The molecule has 2 unspecified atom stereocenters. The van der Waals surface area contributed by atoms with Gasteiger partial charge in [-0.25, -0.2) is 0 Å². The van der Waals surface area contributed by atoms with Gasteiger partial charge in [0.05, 0.1) is 6.07 Å². The molecule has 0 spiro atoms. The van der Waals surface area contributed by atoms with E-state index >= 15 is 0 Å². The molecule has 2 saturated heterocycles. The Balaban J connectivity index is 2.03. The van der Waals surface area contributed by atoms with E-state index in [4.69, 9.17) is 10.00 Å². The average molecular weight is 341 g/mol. The number of carbonyl (C=O) groups is 4. The van der Waals surface area contributed by atoms with Crippen LogP contribution in [-0.4, -0.2) is 64.1 Å². The minimum atomic E-state index is -1.36. The molecule has 2 rings (SSSR count). The number of aliphatic carboxylic acids is 1. The highest BCUT2D eigenvalue weighted by atomic mass is 32.2. The summed E-state index contributed by atoms with van der Waals surface area (Å²) in [4.78, 5) is 47.4. The van der Waals surface area contributed by atoms with Gasteiger partial charge in [-0.15, -0.1) is 11.8 Å². The van der Waals surface area contributed by atoms with E-state index < -0.39 is 35.2 Å². The van der Waals surface area contributed by atoms with Gasteiger partial charge in [-0.3, -0.25) is 19.2 Å². The van der Waals surface area contributed by atoms with E-state index in [1.54, 1.807) is 6.07 Å². The third-order valence-electron chi connectivity index (χ3n) is 3.71. The largest absolute Gasteiger partial charge is 0.481 e. The van der Waals surface area contributed by atoms with Crippen molar-refractivity contribution in [3.05, 3.63) is 0 Å². The Kier molecular flexibility index (Phi) is 4.79. The smallest absolute Gasteiger partial charge is 0.315 e. The van der Waals surface area contributed by atoms with Crippen molar-refractivity contribution in [2.75, 3.05) is 18.9 Å². The lowest BCUT2D eigenvalue weighted by Crippen LogP contribution is -2.74. The minimum Gasteiger partial charge on any atom is -0.481 e. The van der Waals surface area contributed by atoms with Crippen molar-refractivity contribution in [3.63, 3.8) is 0 Å². The summed E-state index contributed by atoms with van der Waals surface area (Å²) in [5.74, 6) is -2.53. The standard InChI is InChI=1S/C13H15N3O6S/c1-7(17)22-5-13(12(20)21)4-16-10(19)9(11(16)23-6-13)15-8(18)2-3-14/h9,11H,2,4-6H2,1H3,(H,15,18)(H,20,21)/t9?,11-,13?/m1/s1. The van der Waals surface area contributed by atoms with Crippen LogP contribution in [-0.2, 0) is 23.9 Å². The maximum absolute atomic E-state index is 12.1. The number of rotatable bonds is 5. The van der Waals surface area contributed by atoms with E-state index in [-0.39, 0.29) is 30.7 Å². The fraction of sp³-hybridized carbons (Fsp3) is 0.615. The molecule has 2 N–H and O–H groups in total. The molecule has 0 aliphatic carbocycles. The zero-order valence-corrected chi connectivity index (χ0v) is 13.1. The van der Waals surface area contributed by atoms with Gasteiger partial charge < -0.3 is 20.1 Å². The van der Waals surface area contributed by atoms with Crippen molar-refractivity contribution in [1.82, 2.24) is 10.2 Å². The Bertz CT molecular complexity index is 603. The van der Waals surface area contributed by atoms with Crippen LogP contribution in [0, 0.1) is 16.7 Å². The lowest BCUT2D eigenvalue weighted by Gasteiger charge is -2.53. The summed E-state index contributed by atoms with van der Waals surface area (Å²) in [5, 5.41) is 20.0. The summed E-state index contributed by atoms with van der Waals surface area (Å²) in [5.41, 5.74) is -1.36. The molecule has 2 aliphatic heterocycles. The third-order valence-corrected chi connectivity index (χ3v) is 5.29. The van der Waals surface area contributed by atoms with E-state index in [2.05, 4.69) is 5.32 Å². The average Bonchev–Trinajstić information content (AvgIpc) is 2.50. The van der Waals surface area contributed by atoms with Gasteiger partial charge in [0, 0.05) is 19.2 Å². The van der Waals surface area contributed by atoms with Crippen molar-refractivity contribution in [1.29, 1.82) is 5.26 Å². The van der Waals surface area contributed by atoms with E-state index in [1.807, 2.05) is 0 Å². The number of carbonyl (C=O) groups excluding carboxylic acids is 3. The first-order chi connectivity index (χ1) is 10.8. The van der Waals surface area contributed by atoms with Crippen LogP contribution in [0.15, 0.2) is 0 Å². The second-order valence-electron chi connectivity index (χ2n) is 5.41. The van der Waals surface area contributed by atoms with Gasteiger partial charge in [-0.2, -0.15) is 5.26 Å². The molecule has 23 heavy (non-hydrogen) atoms. The molecular weight excluding hydrogens is 326 g/mol. The molecule has 2 heterocycles. The number of hydrogen-bond donors (Lipinski definition) is 2. The molecule has 10 heteroatoms. The predicted molar refractivity (Wildman–Crippen MR) is 76.8 cm³/mol. The maximum Gasteiger partial charge on any atom is 0.315 e. The van der Waals surface area contributed by atoms with Crippen molar-refractivity contribution in [2.24, 2.45) is 5.41 Å². The summed E-state index contributed by atoms with van der Waals surface area (Å²) in [7, 11) is 0. The van der Waals surface area contributed by atoms with Crippen LogP contribution >= 0.6 is 11.8 Å². The second kappa shape index (κ2) is 6.45. The Morgan fingerprint density at radius 2 is 2.26 bits per heavy atom.